The highest BCUT2D eigenvalue weighted by Gasteiger charge is 2.31. The van der Waals surface area contributed by atoms with E-state index in [2.05, 4.69) is 10.6 Å². The van der Waals surface area contributed by atoms with Gasteiger partial charge in [-0.1, -0.05) is 67.9 Å². The van der Waals surface area contributed by atoms with Crippen molar-refractivity contribution in [3.63, 3.8) is 0 Å². The van der Waals surface area contributed by atoms with Crippen molar-refractivity contribution in [3.8, 4) is 11.1 Å². The van der Waals surface area contributed by atoms with Crippen LogP contribution >= 0.6 is 11.3 Å². The Morgan fingerprint density at radius 3 is 2.20 bits per heavy atom. The summed E-state index contributed by atoms with van der Waals surface area (Å²) in [6, 6.07) is 18.3. The SMILES string of the molecule is CCCC(NC(=O)C(CC(=O)O)NC(=O)OCC1c2ccccc2-c2ccccc21)c1cccs1. The second-order valence-electron chi connectivity index (χ2n) is 8.49. The zero-order valence-electron chi connectivity index (χ0n) is 19.4. The first-order valence-corrected chi connectivity index (χ1v) is 12.5. The largest absolute Gasteiger partial charge is 0.481 e. The van der Waals surface area contributed by atoms with Crippen molar-refractivity contribution < 1.29 is 24.2 Å². The van der Waals surface area contributed by atoms with Crippen LogP contribution in [0.25, 0.3) is 11.1 Å². The number of thiophene rings is 1. The summed E-state index contributed by atoms with van der Waals surface area (Å²) in [5.41, 5.74) is 4.35. The maximum Gasteiger partial charge on any atom is 0.407 e. The molecule has 0 aliphatic heterocycles. The Bertz CT molecular complexity index is 1150. The van der Waals surface area contributed by atoms with Crippen LogP contribution in [0, 0.1) is 0 Å². The van der Waals surface area contributed by atoms with Crippen LogP contribution in [0.1, 0.15) is 54.1 Å². The molecule has 1 aliphatic carbocycles. The number of ether oxygens (including phenoxy) is 1. The van der Waals surface area contributed by atoms with Crippen LogP contribution < -0.4 is 10.6 Å². The lowest BCUT2D eigenvalue weighted by Gasteiger charge is -2.22. The minimum absolute atomic E-state index is 0.0783. The van der Waals surface area contributed by atoms with E-state index in [0.717, 1.165) is 33.6 Å². The van der Waals surface area contributed by atoms with Gasteiger partial charge >= 0.3 is 12.1 Å². The number of fused-ring (bicyclic) bond motifs is 3. The lowest BCUT2D eigenvalue weighted by Crippen LogP contribution is -2.49. The van der Waals surface area contributed by atoms with Gasteiger partial charge in [0.25, 0.3) is 0 Å². The Morgan fingerprint density at radius 1 is 0.971 bits per heavy atom. The first kappa shape index (κ1) is 24.5. The van der Waals surface area contributed by atoms with Crippen LogP contribution in [-0.2, 0) is 14.3 Å². The van der Waals surface area contributed by atoms with Gasteiger partial charge in [0.2, 0.25) is 5.91 Å². The fourth-order valence-electron chi connectivity index (χ4n) is 4.50. The fraction of sp³-hybridized carbons (Fsp3) is 0.296. The molecule has 2 amide bonds. The third-order valence-electron chi connectivity index (χ3n) is 6.11. The van der Waals surface area contributed by atoms with E-state index in [0.29, 0.717) is 6.42 Å². The van der Waals surface area contributed by atoms with Gasteiger partial charge in [-0.3, -0.25) is 9.59 Å². The molecule has 3 aromatic rings. The Kier molecular flexibility index (Phi) is 7.82. The molecule has 2 atom stereocenters. The van der Waals surface area contributed by atoms with Gasteiger partial charge in [-0.2, -0.15) is 0 Å². The summed E-state index contributed by atoms with van der Waals surface area (Å²) >= 11 is 1.52. The van der Waals surface area contributed by atoms with E-state index in [-0.39, 0.29) is 18.6 Å². The van der Waals surface area contributed by atoms with Gasteiger partial charge in [0.1, 0.15) is 12.6 Å². The number of hydrogen-bond donors (Lipinski definition) is 3. The molecule has 2 aromatic carbocycles. The molecule has 1 aromatic heterocycles. The Hall–Kier alpha value is -3.65. The predicted octanol–water partition coefficient (Wildman–Crippen LogP) is 5.09. The molecule has 8 heteroatoms. The summed E-state index contributed by atoms with van der Waals surface area (Å²) < 4.78 is 5.51. The first-order valence-electron chi connectivity index (χ1n) is 11.6. The molecule has 3 N–H and O–H groups in total. The lowest BCUT2D eigenvalue weighted by molar-refractivity contribution is -0.140. The highest BCUT2D eigenvalue weighted by Crippen LogP contribution is 2.44. The molecule has 2 unspecified atom stereocenters. The van der Waals surface area contributed by atoms with Gasteiger partial charge in [0, 0.05) is 10.8 Å². The second-order valence-corrected chi connectivity index (χ2v) is 9.46. The second kappa shape index (κ2) is 11.2. The number of hydrogen-bond acceptors (Lipinski definition) is 5. The molecule has 35 heavy (non-hydrogen) atoms. The Labute approximate surface area is 208 Å². The molecule has 0 spiro atoms. The van der Waals surface area contributed by atoms with Crippen molar-refractivity contribution in [2.24, 2.45) is 0 Å². The molecular formula is C27H28N2O5S. The van der Waals surface area contributed by atoms with E-state index in [1.165, 1.54) is 11.3 Å². The van der Waals surface area contributed by atoms with Crippen LogP contribution in [-0.4, -0.2) is 35.7 Å². The van der Waals surface area contributed by atoms with E-state index in [4.69, 9.17) is 4.74 Å². The predicted molar refractivity (Wildman–Crippen MR) is 134 cm³/mol. The molecule has 7 nitrogen and oxygen atoms in total. The van der Waals surface area contributed by atoms with Crippen LogP contribution in [0.15, 0.2) is 66.0 Å². The normalized spacial score (nSPS) is 13.9. The quantitative estimate of drug-likeness (QED) is 0.366. The molecule has 0 saturated heterocycles. The van der Waals surface area contributed by atoms with E-state index in [1.807, 2.05) is 73.0 Å². The zero-order chi connectivity index (χ0) is 24.8. The minimum Gasteiger partial charge on any atom is -0.481 e. The van der Waals surface area contributed by atoms with Gasteiger partial charge in [0.15, 0.2) is 0 Å². The topological polar surface area (TPSA) is 105 Å². The smallest absolute Gasteiger partial charge is 0.407 e. The van der Waals surface area contributed by atoms with Crippen molar-refractivity contribution in [1.29, 1.82) is 0 Å². The van der Waals surface area contributed by atoms with E-state index in [9.17, 15) is 19.5 Å². The van der Waals surface area contributed by atoms with Crippen LogP contribution in [0.5, 0.6) is 0 Å². The number of alkyl carbamates (subject to hydrolysis) is 1. The zero-order valence-corrected chi connectivity index (χ0v) is 20.2. The molecule has 0 saturated carbocycles. The molecule has 182 valence electrons. The first-order chi connectivity index (χ1) is 17.0. The van der Waals surface area contributed by atoms with Crippen molar-refractivity contribution in [3.05, 3.63) is 82.0 Å². The van der Waals surface area contributed by atoms with Crippen LogP contribution in [0.3, 0.4) is 0 Å². The highest BCUT2D eigenvalue weighted by atomic mass is 32.1. The minimum atomic E-state index is -1.25. The number of nitrogens with one attached hydrogen (secondary N) is 2. The summed E-state index contributed by atoms with van der Waals surface area (Å²) in [5.74, 6) is -1.87. The maximum atomic E-state index is 12.9. The number of benzene rings is 2. The Morgan fingerprint density at radius 2 is 1.63 bits per heavy atom. The van der Waals surface area contributed by atoms with E-state index >= 15 is 0 Å². The highest BCUT2D eigenvalue weighted by molar-refractivity contribution is 7.10. The summed E-state index contributed by atoms with van der Waals surface area (Å²) in [7, 11) is 0. The van der Waals surface area contributed by atoms with Gasteiger partial charge in [-0.05, 0) is 40.1 Å². The van der Waals surface area contributed by atoms with Gasteiger partial charge < -0.3 is 20.5 Å². The molecular weight excluding hydrogens is 464 g/mol. The number of carbonyl (C=O) groups is 3. The van der Waals surface area contributed by atoms with Crippen LogP contribution in [0.2, 0.25) is 0 Å². The van der Waals surface area contributed by atoms with Gasteiger partial charge in [-0.25, -0.2) is 4.79 Å². The summed E-state index contributed by atoms with van der Waals surface area (Å²) in [5, 5.41) is 16.6. The van der Waals surface area contributed by atoms with Gasteiger partial charge in [-0.15, -0.1) is 11.3 Å². The van der Waals surface area contributed by atoms with Crippen molar-refractivity contribution in [2.75, 3.05) is 6.61 Å². The number of rotatable bonds is 10. The fourth-order valence-corrected chi connectivity index (χ4v) is 5.31. The third-order valence-corrected chi connectivity index (χ3v) is 7.10. The number of amides is 2. The van der Waals surface area contributed by atoms with Crippen molar-refractivity contribution in [2.45, 2.75) is 44.2 Å². The molecule has 0 radical (unpaired) electrons. The maximum absolute atomic E-state index is 12.9. The van der Waals surface area contributed by atoms with E-state index in [1.54, 1.807) is 0 Å². The number of carboxylic acids is 1. The van der Waals surface area contributed by atoms with Crippen molar-refractivity contribution in [1.82, 2.24) is 10.6 Å². The third kappa shape index (κ3) is 5.71. The summed E-state index contributed by atoms with van der Waals surface area (Å²) in [4.78, 5) is 38.0. The standard InChI is InChI=1S/C27H28N2O5S/c1-2-8-22(24-13-7-14-35-24)28-26(32)23(15-25(30)31)29-27(33)34-16-21-19-11-5-3-9-17(19)18-10-4-6-12-20(18)21/h3-7,9-14,21-23H,2,8,15-16H2,1H3,(H,28,32)(H,29,33)(H,30,31). The van der Waals surface area contributed by atoms with Crippen molar-refractivity contribution >= 4 is 29.3 Å². The Balaban J connectivity index is 1.42. The van der Waals surface area contributed by atoms with Crippen LogP contribution in [0.4, 0.5) is 4.79 Å². The number of carboxylic acid groups (broad SMARTS) is 1. The lowest BCUT2D eigenvalue weighted by atomic mass is 9.98. The molecule has 1 aliphatic rings. The average molecular weight is 493 g/mol. The average Bonchev–Trinajstić information content (AvgIpc) is 3.49. The van der Waals surface area contributed by atoms with Gasteiger partial charge in [0.05, 0.1) is 12.5 Å². The molecule has 4 rings (SSSR count). The summed E-state index contributed by atoms with van der Waals surface area (Å²) in [6.07, 6.45) is 0.180. The molecule has 0 bridgehead atoms. The number of carbonyl (C=O) groups excluding carboxylic acids is 2. The molecule has 0 fully saturated rings. The monoisotopic (exact) mass is 492 g/mol. The summed E-state index contributed by atoms with van der Waals surface area (Å²) in [6.45, 7) is 2.09. The molecule has 1 heterocycles. The number of aliphatic carboxylic acids is 1. The van der Waals surface area contributed by atoms with E-state index < -0.39 is 30.4 Å².